The van der Waals surface area contributed by atoms with Gasteiger partial charge in [-0.05, 0) is 49.9 Å². The fourth-order valence-electron chi connectivity index (χ4n) is 5.48. The highest BCUT2D eigenvalue weighted by Crippen LogP contribution is 2.32. The Morgan fingerprint density at radius 3 is 2.49 bits per heavy atom. The zero-order chi connectivity index (χ0) is 24.5. The van der Waals surface area contributed by atoms with E-state index in [0.717, 1.165) is 55.9 Å². The Labute approximate surface area is 201 Å². The predicted molar refractivity (Wildman–Crippen MR) is 131 cm³/mol. The molecule has 0 atom stereocenters. The molecule has 5 rings (SSSR count). The highest BCUT2D eigenvalue weighted by atomic mass is 19.1. The van der Waals surface area contributed by atoms with E-state index in [1.165, 1.54) is 24.6 Å². The molecule has 35 heavy (non-hydrogen) atoms. The molecule has 2 fully saturated rings. The van der Waals surface area contributed by atoms with Gasteiger partial charge >= 0.3 is 11.7 Å². The zero-order valence-corrected chi connectivity index (χ0v) is 19.5. The summed E-state index contributed by atoms with van der Waals surface area (Å²) in [4.78, 5) is 42.5. The number of aromatic carboxylic acids is 1. The molecule has 3 aromatic rings. The van der Waals surface area contributed by atoms with Crippen LogP contribution in [-0.4, -0.2) is 31.2 Å². The fraction of sp³-hybridized carbons (Fsp3) is 0.462. The average Bonchev–Trinajstić information content (AvgIpc) is 3.38. The van der Waals surface area contributed by atoms with E-state index in [0.29, 0.717) is 11.2 Å². The molecule has 2 saturated carbocycles. The summed E-state index contributed by atoms with van der Waals surface area (Å²) >= 11 is 0. The molecular formula is C26H29FN4O4. The van der Waals surface area contributed by atoms with Crippen LogP contribution in [0.15, 0.2) is 39.9 Å². The van der Waals surface area contributed by atoms with Gasteiger partial charge in [-0.1, -0.05) is 38.2 Å². The number of carboxylic acid groups (broad SMARTS) is 1. The van der Waals surface area contributed by atoms with Gasteiger partial charge in [0.2, 0.25) is 0 Å². The number of carboxylic acids is 1. The SMILES string of the molecule is O=C(O)c1cccc(Cn2c(=O)c3cc(F)c(NC4CCCCC4)cc3n(C3CCCC3)c2=O)n1. The molecule has 0 amide bonds. The topological polar surface area (TPSA) is 106 Å². The van der Waals surface area contributed by atoms with Gasteiger partial charge in [0, 0.05) is 12.1 Å². The first-order valence-corrected chi connectivity index (χ1v) is 12.4. The van der Waals surface area contributed by atoms with E-state index in [1.54, 1.807) is 16.7 Å². The fourth-order valence-corrected chi connectivity index (χ4v) is 5.48. The first-order chi connectivity index (χ1) is 16.9. The second kappa shape index (κ2) is 9.64. The number of rotatable bonds is 6. The van der Waals surface area contributed by atoms with E-state index in [2.05, 4.69) is 10.3 Å². The first-order valence-electron chi connectivity index (χ1n) is 12.4. The largest absolute Gasteiger partial charge is 0.477 e. The summed E-state index contributed by atoms with van der Waals surface area (Å²) in [5, 5.41) is 12.7. The van der Waals surface area contributed by atoms with Crippen molar-refractivity contribution in [3.63, 3.8) is 0 Å². The lowest BCUT2D eigenvalue weighted by Gasteiger charge is -2.25. The Kier molecular flexibility index (Phi) is 6.40. The van der Waals surface area contributed by atoms with Crippen LogP contribution in [-0.2, 0) is 6.54 Å². The summed E-state index contributed by atoms with van der Waals surface area (Å²) in [7, 11) is 0. The molecule has 0 aliphatic heterocycles. The van der Waals surface area contributed by atoms with Crippen molar-refractivity contribution in [1.82, 2.24) is 14.1 Å². The lowest BCUT2D eigenvalue weighted by Crippen LogP contribution is -2.41. The molecule has 0 unspecified atom stereocenters. The van der Waals surface area contributed by atoms with E-state index < -0.39 is 23.0 Å². The lowest BCUT2D eigenvalue weighted by molar-refractivity contribution is 0.0690. The van der Waals surface area contributed by atoms with Gasteiger partial charge in [0.1, 0.15) is 11.5 Å². The van der Waals surface area contributed by atoms with Crippen LogP contribution in [0.2, 0.25) is 0 Å². The quantitative estimate of drug-likeness (QED) is 0.545. The van der Waals surface area contributed by atoms with Crippen LogP contribution in [0.25, 0.3) is 10.9 Å². The minimum Gasteiger partial charge on any atom is -0.477 e. The van der Waals surface area contributed by atoms with Crippen molar-refractivity contribution in [2.45, 2.75) is 76.4 Å². The number of nitrogens with zero attached hydrogens (tertiary/aromatic N) is 3. The average molecular weight is 481 g/mol. The number of anilines is 1. The number of nitrogens with one attached hydrogen (secondary N) is 1. The Morgan fingerprint density at radius 1 is 1.06 bits per heavy atom. The summed E-state index contributed by atoms with van der Waals surface area (Å²) in [5.41, 5.74) is -0.218. The monoisotopic (exact) mass is 480 g/mol. The number of hydrogen-bond acceptors (Lipinski definition) is 5. The van der Waals surface area contributed by atoms with Gasteiger partial charge in [-0.2, -0.15) is 0 Å². The van der Waals surface area contributed by atoms with Crippen LogP contribution in [0.5, 0.6) is 0 Å². The number of pyridine rings is 1. The molecule has 8 nitrogen and oxygen atoms in total. The summed E-state index contributed by atoms with van der Waals surface area (Å²) in [6.45, 7) is -0.189. The van der Waals surface area contributed by atoms with Crippen LogP contribution < -0.4 is 16.6 Å². The van der Waals surface area contributed by atoms with E-state index in [-0.39, 0.29) is 35.4 Å². The number of fused-ring (bicyclic) bond motifs is 1. The third-order valence-corrected chi connectivity index (χ3v) is 7.26. The third kappa shape index (κ3) is 4.59. The van der Waals surface area contributed by atoms with Crippen molar-refractivity contribution in [3.8, 4) is 0 Å². The molecule has 9 heteroatoms. The molecule has 0 saturated heterocycles. The van der Waals surface area contributed by atoms with Crippen molar-refractivity contribution in [3.05, 3.63) is 68.4 Å². The molecule has 184 valence electrons. The third-order valence-electron chi connectivity index (χ3n) is 7.26. The van der Waals surface area contributed by atoms with Gasteiger partial charge in [-0.25, -0.2) is 19.0 Å². The Bertz CT molecular complexity index is 1380. The normalized spacial score (nSPS) is 17.2. The molecule has 2 N–H and O–H groups in total. The molecule has 2 aliphatic carbocycles. The highest BCUT2D eigenvalue weighted by Gasteiger charge is 2.25. The molecule has 1 aromatic carbocycles. The summed E-state index contributed by atoms with van der Waals surface area (Å²) in [6.07, 6.45) is 8.90. The predicted octanol–water partition coefficient (Wildman–Crippen LogP) is 4.30. The molecule has 2 aliphatic rings. The number of carbonyl (C=O) groups is 1. The summed E-state index contributed by atoms with van der Waals surface area (Å²) in [6, 6.07) is 7.39. The van der Waals surface area contributed by atoms with Gasteiger partial charge in [0.25, 0.3) is 5.56 Å². The Morgan fingerprint density at radius 2 is 1.77 bits per heavy atom. The van der Waals surface area contributed by atoms with Crippen molar-refractivity contribution in [1.29, 1.82) is 0 Å². The van der Waals surface area contributed by atoms with E-state index in [4.69, 9.17) is 0 Å². The number of hydrogen-bond donors (Lipinski definition) is 2. The molecular weight excluding hydrogens is 451 g/mol. The van der Waals surface area contributed by atoms with Crippen molar-refractivity contribution >= 4 is 22.6 Å². The molecule has 2 heterocycles. The van der Waals surface area contributed by atoms with Gasteiger partial charge in [0.15, 0.2) is 0 Å². The minimum atomic E-state index is -1.19. The van der Waals surface area contributed by atoms with Crippen LogP contribution in [0.3, 0.4) is 0 Å². The van der Waals surface area contributed by atoms with Crippen LogP contribution in [0, 0.1) is 5.82 Å². The van der Waals surface area contributed by atoms with Crippen LogP contribution >= 0.6 is 0 Å². The maximum absolute atomic E-state index is 15.2. The van der Waals surface area contributed by atoms with Crippen molar-refractivity contribution in [2.24, 2.45) is 0 Å². The summed E-state index contributed by atoms with van der Waals surface area (Å²) < 4.78 is 17.9. The van der Waals surface area contributed by atoms with Gasteiger partial charge in [-0.15, -0.1) is 0 Å². The number of aromatic nitrogens is 3. The van der Waals surface area contributed by atoms with Crippen molar-refractivity contribution in [2.75, 3.05) is 5.32 Å². The maximum atomic E-state index is 15.2. The molecule has 0 radical (unpaired) electrons. The minimum absolute atomic E-state index is 0.0804. The lowest BCUT2D eigenvalue weighted by atomic mass is 9.95. The zero-order valence-electron chi connectivity index (χ0n) is 19.5. The number of benzene rings is 1. The number of halogens is 1. The van der Waals surface area contributed by atoms with Crippen LogP contribution in [0.4, 0.5) is 10.1 Å². The van der Waals surface area contributed by atoms with E-state index >= 15 is 4.39 Å². The second-order valence-electron chi connectivity index (χ2n) is 9.63. The van der Waals surface area contributed by atoms with Gasteiger partial charge in [0.05, 0.1) is 28.8 Å². The molecule has 0 spiro atoms. The Balaban J connectivity index is 1.64. The summed E-state index contributed by atoms with van der Waals surface area (Å²) in [5.74, 6) is -1.71. The molecule has 0 bridgehead atoms. The van der Waals surface area contributed by atoms with E-state index in [1.807, 2.05) is 0 Å². The van der Waals surface area contributed by atoms with Crippen molar-refractivity contribution < 1.29 is 14.3 Å². The maximum Gasteiger partial charge on any atom is 0.354 e. The second-order valence-corrected chi connectivity index (χ2v) is 9.63. The molecule has 2 aromatic heterocycles. The highest BCUT2D eigenvalue weighted by molar-refractivity contribution is 5.85. The smallest absolute Gasteiger partial charge is 0.354 e. The van der Waals surface area contributed by atoms with Gasteiger partial charge in [-0.3, -0.25) is 13.9 Å². The van der Waals surface area contributed by atoms with Gasteiger partial charge < -0.3 is 10.4 Å². The van der Waals surface area contributed by atoms with E-state index in [9.17, 15) is 19.5 Å². The van der Waals surface area contributed by atoms with Crippen LogP contribution in [0.1, 0.15) is 80.0 Å². The Hall–Kier alpha value is -3.49. The standard InChI is InChI=1S/C26H29FN4O4/c27-20-13-19-23(14-22(20)28-16-7-2-1-3-8-16)31(18-10-4-5-11-18)26(35)30(24(19)32)15-17-9-6-12-21(29-17)25(33)34/h6,9,12-14,16,18,28H,1-5,7-8,10-11,15H2,(H,33,34). The first kappa shape index (κ1) is 23.3.